The predicted octanol–water partition coefficient (Wildman–Crippen LogP) is -4.05. The molecule has 10 N–H and O–H groups in total. The summed E-state index contributed by atoms with van der Waals surface area (Å²) in [4.78, 5) is 69.3. The molecule has 0 bridgehead atoms. The average Bonchev–Trinajstić information content (AvgIpc) is 2.66. The number of nitrogens with two attached hydrogens (primary N) is 1. The highest BCUT2D eigenvalue weighted by atomic mass is 16.4. The maximum Gasteiger partial charge on any atom is 0.326 e. The van der Waals surface area contributed by atoms with Gasteiger partial charge in [-0.15, -0.1) is 0 Å². The molecule has 6 atom stereocenters. The Bertz CT molecular complexity index is 725. The van der Waals surface area contributed by atoms with Crippen molar-refractivity contribution in [2.24, 2.45) is 5.73 Å². The number of aliphatic carboxylic acids is 3. The number of carbonyl (C=O) groups excluding carboxylic acids is 3. The van der Waals surface area contributed by atoms with Gasteiger partial charge in [-0.2, -0.15) is 0 Å². The van der Waals surface area contributed by atoms with Crippen LogP contribution < -0.4 is 21.7 Å². The summed E-state index contributed by atoms with van der Waals surface area (Å²) in [5, 5.41) is 52.0. The number of carboxylic acid groups (broad SMARTS) is 3. The van der Waals surface area contributed by atoms with Gasteiger partial charge in [0.1, 0.15) is 18.1 Å². The average molecular weight is 464 g/mol. The molecule has 0 heterocycles. The number of aliphatic hydroxyl groups excluding tert-OH is 2. The number of rotatable bonds is 14. The third-order valence-electron chi connectivity index (χ3n) is 4.12. The zero-order chi connectivity index (χ0) is 25.2. The van der Waals surface area contributed by atoms with E-state index in [0.717, 1.165) is 13.8 Å². The molecule has 0 aromatic rings. The van der Waals surface area contributed by atoms with Crippen LogP contribution in [0.2, 0.25) is 0 Å². The zero-order valence-corrected chi connectivity index (χ0v) is 17.3. The molecule has 15 nitrogen and oxygen atoms in total. The summed E-state index contributed by atoms with van der Waals surface area (Å²) in [6.45, 7) is 2.20. The number of carbonyl (C=O) groups is 6. The van der Waals surface area contributed by atoms with Gasteiger partial charge in [0.2, 0.25) is 17.7 Å². The van der Waals surface area contributed by atoms with Gasteiger partial charge in [0.25, 0.3) is 0 Å². The van der Waals surface area contributed by atoms with E-state index in [1.54, 1.807) is 0 Å². The molecular weight excluding hydrogens is 436 g/mol. The fourth-order valence-electron chi connectivity index (χ4n) is 2.36. The van der Waals surface area contributed by atoms with Crippen molar-refractivity contribution in [3.63, 3.8) is 0 Å². The van der Waals surface area contributed by atoms with E-state index in [1.165, 1.54) is 0 Å². The second-order valence-corrected chi connectivity index (χ2v) is 6.99. The van der Waals surface area contributed by atoms with E-state index in [-0.39, 0.29) is 6.42 Å². The smallest absolute Gasteiger partial charge is 0.326 e. The van der Waals surface area contributed by atoms with Crippen molar-refractivity contribution in [2.75, 3.05) is 0 Å². The molecule has 0 aliphatic heterocycles. The van der Waals surface area contributed by atoms with Gasteiger partial charge in [-0.25, -0.2) is 4.79 Å². The molecule has 0 aliphatic carbocycles. The topological polar surface area (TPSA) is 266 Å². The fourth-order valence-corrected chi connectivity index (χ4v) is 2.36. The highest BCUT2D eigenvalue weighted by Crippen LogP contribution is 2.03. The van der Waals surface area contributed by atoms with Crippen LogP contribution in [0.1, 0.15) is 33.1 Å². The van der Waals surface area contributed by atoms with Gasteiger partial charge in [-0.3, -0.25) is 24.0 Å². The first kappa shape index (κ1) is 28.7. The standard InChI is InChI=1S/C17H28N4O11/c1-6(22)12(15(29)19-9(17(31)32)5-11(26)27)21-16(30)13(7(2)23)20-14(28)8(18)3-4-10(24)25/h6-9,12-13,22-23H,3-5,18H2,1-2H3,(H,19,29)(H,20,28)(H,21,30)(H,24,25)(H,26,27)(H,31,32). The Labute approximate surface area is 182 Å². The van der Waals surface area contributed by atoms with E-state index < -0.39 is 84.8 Å². The molecular formula is C17H28N4O11. The molecule has 32 heavy (non-hydrogen) atoms. The largest absolute Gasteiger partial charge is 0.481 e. The lowest BCUT2D eigenvalue weighted by Crippen LogP contribution is -2.62. The van der Waals surface area contributed by atoms with Gasteiger partial charge in [0.05, 0.1) is 24.7 Å². The lowest BCUT2D eigenvalue weighted by atomic mass is 10.1. The van der Waals surface area contributed by atoms with E-state index in [9.17, 15) is 39.0 Å². The molecule has 0 radical (unpaired) electrons. The summed E-state index contributed by atoms with van der Waals surface area (Å²) in [5.41, 5.74) is 5.54. The van der Waals surface area contributed by atoms with Crippen molar-refractivity contribution < 1.29 is 54.3 Å². The molecule has 0 spiro atoms. The molecule has 0 aromatic heterocycles. The van der Waals surface area contributed by atoms with Gasteiger partial charge in [0.15, 0.2) is 0 Å². The fraction of sp³-hybridized carbons (Fsp3) is 0.647. The lowest BCUT2D eigenvalue weighted by molar-refractivity contribution is -0.148. The van der Waals surface area contributed by atoms with Gasteiger partial charge < -0.3 is 47.2 Å². The van der Waals surface area contributed by atoms with Gasteiger partial charge in [0, 0.05) is 6.42 Å². The Morgan fingerprint density at radius 1 is 0.750 bits per heavy atom. The number of carboxylic acids is 3. The number of hydrogen-bond acceptors (Lipinski definition) is 9. The number of hydrogen-bond donors (Lipinski definition) is 9. The van der Waals surface area contributed by atoms with Crippen molar-refractivity contribution in [1.82, 2.24) is 16.0 Å². The second-order valence-electron chi connectivity index (χ2n) is 6.99. The van der Waals surface area contributed by atoms with Crippen molar-refractivity contribution in [1.29, 1.82) is 0 Å². The maximum atomic E-state index is 12.5. The van der Waals surface area contributed by atoms with Crippen LogP contribution in [0.25, 0.3) is 0 Å². The van der Waals surface area contributed by atoms with Crippen molar-refractivity contribution in [3.05, 3.63) is 0 Å². The minimum absolute atomic E-state index is 0.256. The molecule has 0 aromatic carbocycles. The van der Waals surface area contributed by atoms with Crippen molar-refractivity contribution >= 4 is 35.6 Å². The number of amides is 3. The van der Waals surface area contributed by atoms with E-state index in [4.69, 9.17) is 21.1 Å². The molecule has 0 rings (SSSR count). The summed E-state index contributed by atoms with van der Waals surface area (Å²) >= 11 is 0. The monoisotopic (exact) mass is 464 g/mol. The highest BCUT2D eigenvalue weighted by molar-refractivity contribution is 5.95. The van der Waals surface area contributed by atoms with Gasteiger partial charge in [-0.1, -0.05) is 0 Å². The Kier molecular flexibility index (Phi) is 11.8. The first-order valence-electron chi connectivity index (χ1n) is 9.36. The Hall–Kier alpha value is -3.30. The summed E-state index contributed by atoms with van der Waals surface area (Å²) in [6, 6.07) is -6.60. The Balaban J connectivity index is 5.33. The highest BCUT2D eigenvalue weighted by Gasteiger charge is 2.34. The van der Waals surface area contributed by atoms with E-state index in [0.29, 0.717) is 0 Å². The summed E-state index contributed by atoms with van der Waals surface area (Å²) < 4.78 is 0. The van der Waals surface area contributed by atoms with Gasteiger partial charge in [-0.05, 0) is 20.3 Å². The molecule has 6 unspecified atom stereocenters. The molecule has 3 amide bonds. The van der Waals surface area contributed by atoms with E-state index >= 15 is 0 Å². The van der Waals surface area contributed by atoms with Crippen LogP contribution in [0.15, 0.2) is 0 Å². The molecule has 0 saturated heterocycles. The second kappa shape index (κ2) is 13.2. The summed E-state index contributed by atoms with van der Waals surface area (Å²) in [5.74, 6) is -7.72. The normalized spacial score (nSPS) is 16.4. The summed E-state index contributed by atoms with van der Waals surface area (Å²) in [7, 11) is 0. The minimum atomic E-state index is -1.85. The third kappa shape index (κ3) is 10.1. The van der Waals surface area contributed by atoms with Crippen LogP contribution in [0.3, 0.4) is 0 Å². The molecule has 0 fully saturated rings. The van der Waals surface area contributed by atoms with E-state index in [2.05, 4.69) is 5.32 Å². The first-order valence-corrected chi connectivity index (χ1v) is 9.36. The van der Waals surface area contributed by atoms with Crippen LogP contribution in [0, 0.1) is 0 Å². The Morgan fingerprint density at radius 2 is 1.19 bits per heavy atom. The van der Waals surface area contributed by atoms with E-state index in [1.807, 2.05) is 10.6 Å². The van der Waals surface area contributed by atoms with Crippen LogP contribution in [-0.2, 0) is 28.8 Å². The molecule has 15 heteroatoms. The first-order chi connectivity index (χ1) is 14.7. The van der Waals surface area contributed by atoms with Crippen LogP contribution >= 0.6 is 0 Å². The number of aliphatic hydroxyl groups is 2. The van der Waals surface area contributed by atoms with Crippen LogP contribution in [0.4, 0.5) is 0 Å². The van der Waals surface area contributed by atoms with Crippen LogP contribution in [-0.4, -0.2) is 97.5 Å². The molecule has 182 valence electrons. The summed E-state index contributed by atoms with van der Waals surface area (Å²) in [6.07, 6.45) is -4.74. The SMILES string of the molecule is CC(O)C(NC(=O)C(N)CCC(=O)O)C(=O)NC(C(=O)NC(CC(=O)O)C(=O)O)C(C)O. The van der Waals surface area contributed by atoms with Crippen molar-refractivity contribution in [3.8, 4) is 0 Å². The Morgan fingerprint density at radius 3 is 1.56 bits per heavy atom. The van der Waals surface area contributed by atoms with Crippen molar-refractivity contribution in [2.45, 2.75) is 69.5 Å². The quantitative estimate of drug-likeness (QED) is 0.119. The molecule has 0 aliphatic rings. The minimum Gasteiger partial charge on any atom is -0.481 e. The maximum absolute atomic E-state index is 12.5. The third-order valence-corrected chi connectivity index (χ3v) is 4.12. The van der Waals surface area contributed by atoms with Gasteiger partial charge >= 0.3 is 17.9 Å². The van der Waals surface area contributed by atoms with Crippen LogP contribution in [0.5, 0.6) is 0 Å². The lowest BCUT2D eigenvalue weighted by Gasteiger charge is -2.27. The molecule has 0 saturated carbocycles. The predicted molar refractivity (Wildman–Crippen MR) is 104 cm³/mol. The zero-order valence-electron chi connectivity index (χ0n) is 17.3. The number of nitrogens with one attached hydrogen (secondary N) is 3.